The zero-order valence-electron chi connectivity index (χ0n) is 19.9. The molecule has 0 radical (unpaired) electrons. The number of likely N-dealkylation sites (tertiary alicyclic amines) is 1. The molecule has 0 amide bonds. The summed E-state index contributed by atoms with van der Waals surface area (Å²) in [6.07, 6.45) is -0.392. The van der Waals surface area contributed by atoms with E-state index >= 15 is 0 Å². The van der Waals surface area contributed by atoms with Crippen molar-refractivity contribution in [2.75, 3.05) is 44.7 Å². The van der Waals surface area contributed by atoms with Gasteiger partial charge in [-0.2, -0.15) is 9.61 Å². The average molecular weight is 491 g/mol. The van der Waals surface area contributed by atoms with Gasteiger partial charge in [0.1, 0.15) is 18.0 Å². The van der Waals surface area contributed by atoms with Gasteiger partial charge in [0.25, 0.3) is 0 Å². The van der Waals surface area contributed by atoms with Gasteiger partial charge in [0.15, 0.2) is 11.6 Å². The Morgan fingerprint density at radius 2 is 1.94 bits per heavy atom. The number of hydrogen-bond acceptors (Lipinski definition) is 7. The second-order valence-electron chi connectivity index (χ2n) is 9.17. The number of hydrogen-bond donors (Lipinski definition) is 0. The van der Waals surface area contributed by atoms with Gasteiger partial charge in [-0.3, -0.25) is 0 Å². The Morgan fingerprint density at radius 1 is 1.14 bits per heavy atom. The predicted octanol–water partition coefficient (Wildman–Crippen LogP) is 4.18. The van der Waals surface area contributed by atoms with E-state index in [1.165, 1.54) is 37.5 Å². The minimum Gasteiger partial charge on any atom is -0.486 e. The first-order valence-corrected chi connectivity index (χ1v) is 12.0. The smallest absolute Gasteiger partial charge is 0.486 e. The lowest BCUT2D eigenvalue weighted by Gasteiger charge is -2.32. The molecule has 1 fully saturated rings. The molecule has 2 aliphatic rings. The van der Waals surface area contributed by atoms with Gasteiger partial charge in [0, 0.05) is 25.6 Å². The van der Waals surface area contributed by atoms with Crippen LogP contribution in [0.4, 0.5) is 18.9 Å². The van der Waals surface area contributed by atoms with Gasteiger partial charge in [-0.25, -0.2) is 0 Å². The van der Waals surface area contributed by atoms with Crippen molar-refractivity contribution in [3.05, 3.63) is 30.0 Å². The lowest BCUT2D eigenvalue weighted by atomic mass is 9.94. The molecule has 1 aromatic carbocycles. The van der Waals surface area contributed by atoms with Crippen LogP contribution < -0.4 is 14.4 Å². The van der Waals surface area contributed by atoms with E-state index in [2.05, 4.69) is 31.7 Å². The first-order chi connectivity index (χ1) is 16.8. The number of nitrogens with zero attached hydrogens (tertiary/aromatic N) is 6. The van der Waals surface area contributed by atoms with Crippen molar-refractivity contribution in [3.8, 4) is 22.9 Å². The van der Waals surface area contributed by atoms with E-state index in [1.807, 2.05) is 7.05 Å². The molecule has 1 saturated heterocycles. The molecule has 2 aliphatic heterocycles. The Labute approximate surface area is 201 Å². The van der Waals surface area contributed by atoms with E-state index in [4.69, 9.17) is 9.84 Å². The normalized spacial score (nSPS) is 17.5. The van der Waals surface area contributed by atoms with E-state index in [0.29, 0.717) is 29.4 Å². The molecule has 0 spiro atoms. The quantitative estimate of drug-likeness (QED) is 0.514. The highest BCUT2D eigenvalue weighted by Gasteiger charge is 2.32. The molecule has 0 bridgehead atoms. The number of piperidine rings is 1. The van der Waals surface area contributed by atoms with Crippen LogP contribution in [0.15, 0.2) is 24.3 Å². The lowest BCUT2D eigenvalue weighted by molar-refractivity contribution is -0.274. The maximum atomic E-state index is 12.7. The summed E-state index contributed by atoms with van der Waals surface area (Å²) in [5.41, 5.74) is 2.62. The summed E-state index contributed by atoms with van der Waals surface area (Å²) in [6, 6.07) is 5.68. The van der Waals surface area contributed by atoms with E-state index in [1.54, 1.807) is 10.6 Å². The van der Waals surface area contributed by atoms with Crippen LogP contribution in [0.1, 0.15) is 31.9 Å². The lowest BCUT2D eigenvalue weighted by Crippen LogP contribution is -2.36. The molecule has 35 heavy (non-hydrogen) atoms. The Balaban J connectivity index is 1.49. The molecular formula is C24H29F3N6O2. The van der Waals surface area contributed by atoms with Crippen LogP contribution in [-0.2, 0) is 6.42 Å². The Bertz CT molecular complexity index is 1190. The van der Waals surface area contributed by atoms with Crippen molar-refractivity contribution in [2.24, 2.45) is 5.92 Å². The summed E-state index contributed by atoms with van der Waals surface area (Å²) < 4.78 is 49.9. The zero-order valence-corrected chi connectivity index (χ0v) is 19.9. The maximum absolute atomic E-state index is 12.7. The number of benzene rings is 1. The Kier molecular flexibility index (Phi) is 6.43. The monoisotopic (exact) mass is 490 g/mol. The fraction of sp³-hybridized carbons (Fsp3) is 0.542. The van der Waals surface area contributed by atoms with Crippen LogP contribution in [0.2, 0.25) is 0 Å². The highest BCUT2D eigenvalue weighted by Crippen LogP contribution is 2.38. The Hall–Kier alpha value is -3.08. The number of ether oxygens (including phenoxy) is 2. The fourth-order valence-electron chi connectivity index (χ4n) is 4.91. The van der Waals surface area contributed by atoms with Gasteiger partial charge in [-0.1, -0.05) is 25.5 Å². The number of aromatic nitrogens is 4. The minimum atomic E-state index is -4.78. The van der Waals surface area contributed by atoms with E-state index in [9.17, 15) is 13.2 Å². The first-order valence-electron chi connectivity index (χ1n) is 12.0. The van der Waals surface area contributed by atoms with Gasteiger partial charge in [0.05, 0.1) is 12.2 Å². The summed E-state index contributed by atoms with van der Waals surface area (Å²) in [6.45, 7) is 6.53. The van der Waals surface area contributed by atoms with Gasteiger partial charge < -0.3 is 19.3 Å². The third kappa shape index (κ3) is 5.00. The summed E-state index contributed by atoms with van der Waals surface area (Å²) in [7, 11) is 2.00. The minimum absolute atomic E-state index is 0.323. The third-order valence-corrected chi connectivity index (χ3v) is 6.88. The van der Waals surface area contributed by atoms with Crippen molar-refractivity contribution in [1.82, 2.24) is 24.7 Å². The SMILES string of the molecule is CCC1CCN(CCc2nn3c(-c4cccc(OC(F)(F)F)c4)nnc3c3c2N(C)CCO3)CC1. The predicted molar refractivity (Wildman–Crippen MR) is 125 cm³/mol. The van der Waals surface area contributed by atoms with Crippen LogP contribution in [0.3, 0.4) is 0 Å². The van der Waals surface area contributed by atoms with Crippen molar-refractivity contribution in [2.45, 2.75) is 39.0 Å². The van der Waals surface area contributed by atoms with Gasteiger partial charge in [-0.05, 0) is 44.0 Å². The number of alkyl halides is 3. The molecule has 5 rings (SSSR count). The summed E-state index contributed by atoms with van der Waals surface area (Å²) in [5, 5.41) is 13.4. The topological polar surface area (TPSA) is 68.0 Å². The molecule has 0 aliphatic carbocycles. The number of fused-ring (bicyclic) bond motifs is 3. The fourth-order valence-corrected chi connectivity index (χ4v) is 4.91. The van der Waals surface area contributed by atoms with Crippen LogP contribution >= 0.6 is 0 Å². The Morgan fingerprint density at radius 3 is 2.69 bits per heavy atom. The van der Waals surface area contributed by atoms with Gasteiger partial charge in [0.2, 0.25) is 5.65 Å². The molecule has 0 N–H and O–H groups in total. The first kappa shape index (κ1) is 23.7. The van der Waals surface area contributed by atoms with Crippen molar-refractivity contribution < 1.29 is 22.6 Å². The molecule has 4 heterocycles. The van der Waals surface area contributed by atoms with Crippen LogP contribution in [0, 0.1) is 5.92 Å². The number of anilines is 1. The summed E-state index contributed by atoms with van der Waals surface area (Å²) in [4.78, 5) is 4.59. The molecule has 0 saturated carbocycles. The van der Waals surface area contributed by atoms with E-state index in [0.717, 1.165) is 49.9 Å². The second kappa shape index (κ2) is 9.52. The highest BCUT2D eigenvalue weighted by molar-refractivity contribution is 5.75. The molecule has 188 valence electrons. The van der Waals surface area contributed by atoms with E-state index < -0.39 is 6.36 Å². The third-order valence-electron chi connectivity index (χ3n) is 6.88. The molecule has 0 atom stereocenters. The van der Waals surface area contributed by atoms with Crippen LogP contribution in [0.25, 0.3) is 17.0 Å². The maximum Gasteiger partial charge on any atom is 0.573 e. The number of rotatable bonds is 6. The van der Waals surface area contributed by atoms with Crippen LogP contribution in [-0.4, -0.2) is 70.9 Å². The van der Waals surface area contributed by atoms with Gasteiger partial charge >= 0.3 is 6.36 Å². The molecule has 11 heteroatoms. The number of likely N-dealkylation sites (N-methyl/N-ethyl adjacent to an activating group) is 1. The van der Waals surface area contributed by atoms with E-state index in [-0.39, 0.29) is 5.75 Å². The molecule has 2 aromatic heterocycles. The molecule has 8 nitrogen and oxygen atoms in total. The van der Waals surface area contributed by atoms with Crippen molar-refractivity contribution in [3.63, 3.8) is 0 Å². The largest absolute Gasteiger partial charge is 0.573 e. The summed E-state index contributed by atoms with van der Waals surface area (Å²) >= 11 is 0. The van der Waals surface area contributed by atoms with Crippen molar-refractivity contribution in [1.29, 1.82) is 0 Å². The molecular weight excluding hydrogens is 461 g/mol. The standard InChI is InChI=1S/C24H29F3N6O2/c1-3-16-7-10-32(11-8-16)12-9-19-20-21(34-14-13-31(20)2)23-29-28-22(33(23)30-19)17-5-4-6-18(15-17)35-24(25,26)27/h4-6,15-16H,3,7-14H2,1-2H3. The number of halogens is 3. The van der Waals surface area contributed by atoms with Crippen molar-refractivity contribution >= 4 is 11.3 Å². The second-order valence-corrected chi connectivity index (χ2v) is 9.17. The zero-order chi connectivity index (χ0) is 24.6. The average Bonchev–Trinajstić information content (AvgIpc) is 3.26. The molecule has 0 unspecified atom stereocenters. The summed E-state index contributed by atoms with van der Waals surface area (Å²) in [5.74, 6) is 1.42. The molecule has 3 aromatic rings. The van der Waals surface area contributed by atoms with Gasteiger partial charge in [-0.15, -0.1) is 23.4 Å². The highest BCUT2D eigenvalue weighted by atomic mass is 19.4. The van der Waals surface area contributed by atoms with Crippen LogP contribution in [0.5, 0.6) is 11.5 Å².